The third-order valence-corrected chi connectivity index (χ3v) is 4.69. The zero-order valence-corrected chi connectivity index (χ0v) is 11.1. The van der Waals surface area contributed by atoms with Gasteiger partial charge in [-0.3, -0.25) is 0 Å². The molecule has 1 heterocycles. The third-order valence-electron chi connectivity index (χ3n) is 4.69. The van der Waals surface area contributed by atoms with Gasteiger partial charge in [-0.05, 0) is 38.8 Å². The van der Waals surface area contributed by atoms with E-state index in [1.54, 1.807) is 0 Å². The van der Waals surface area contributed by atoms with Crippen molar-refractivity contribution < 1.29 is 5.11 Å². The van der Waals surface area contributed by atoms with Crippen LogP contribution in [0.25, 0.3) is 0 Å². The Morgan fingerprint density at radius 3 is 2.65 bits per heavy atom. The summed E-state index contributed by atoms with van der Waals surface area (Å²) in [5, 5.41) is 9.42. The minimum absolute atomic E-state index is 0.153. The van der Waals surface area contributed by atoms with E-state index in [9.17, 15) is 5.11 Å². The van der Waals surface area contributed by atoms with Crippen LogP contribution >= 0.6 is 0 Å². The Balaban J connectivity index is 1.74. The summed E-state index contributed by atoms with van der Waals surface area (Å²) >= 11 is 0. The molecule has 0 radical (unpaired) electrons. The zero-order chi connectivity index (χ0) is 12.3. The van der Waals surface area contributed by atoms with E-state index in [0.29, 0.717) is 5.92 Å². The van der Waals surface area contributed by atoms with E-state index in [4.69, 9.17) is 5.73 Å². The van der Waals surface area contributed by atoms with Gasteiger partial charge in [-0.2, -0.15) is 0 Å². The second-order valence-electron chi connectivity index (χ2n) is 5.91. The number of rotatable bonds is 4. The Labute approximate surface area is 105 Å². The van der Waals surface area contributed by atoms with Gasteiger partial charge in [0.2, 0.25) is 0 Å². The van der Waals surface area contributed by atoms with E-state index in [1.165, 1.54) is 39.0 Å². The van der Waals surface area contributed by atoms with E-state index in [2.05, 4.69) is 16.8 Å². The second-order valence-corrected chi connectivity index (χ2v) is 5.91. The molecule has 1 aliphatic heterocycles. The van der Waals surface area contributed by atoms with E-state index < -0.39 is 0 Å². The van der Waals surface area contributed by atoms with Crippen molar-refractivity contribution in [3.63, 3.8) is 0 Å². The lowest BCUT2D eigenvalue weighted by atomic mass is 9.86. The molecule has 3 N–H and O–H groups in total. The van der Waals surface area contributed by atoms with E-state index in [-0.39, 0.29) is 12.1 Å². The molecule has 0 aromatic heterocycles. The molecule has 0 spiro atoms. The lowest BCUT2D eigenvalue weighted by Gasteiger charge is -2.35. The predicted octanol–water partition coefficient (Wildman–Crippen LogP) is 0.114. The summed E-state index contributed by atoms with van der Waals surface area (Å²) < 4.78 is 0. The van der Waals surface area contributed by atoms with Gasteiger partial charge in [-0.15, -0.1) is 0 Å². The molecule has 0 amide bonds. The standard InChI is InChI=1S/C13H27N3O/c1-15-7-9-16(10-8-15)6-4-12-3-2-5-13(12,14)11-17/h12,17H,2-11,14H2,1H3. The van der Waals surface area contributed by atoms with Crippen LogP contribution in [0.1, 0.15) is 25.7 Å². The highest BCUT2D eigenvalue weighted by Crippen LogP contribution is 2.35. The van der Waals surface area contributed by atoms with Gasteiger partial charge in [-0.25, -0.2) is 0 Å². The first-order valence-corrected chi connectivity index (χ1v) is 6.95. The van der Waals surface area contributed by atoms with Crippen molar-refractivity contribution >= 4 is 0 Å². The minimum Gasteiger partial charge on any atom is -0.394 e. The van der Waals surface area contributed by atoms with Crippen molar-refractivity contribution in [3.8, 4) is 0 Å². The summed E-state index contributed by atoms with van der Waals surface area (Å²) in [6.07, 6.45) is 4.53. The number of nitrogens with two attached hydrogens (primary N) is 1. The lowest BCUT2D eigenvalue weighted by Crippen LogP contribution is -2.49. The molecule has 2 rings (SSSR count). The molecule has 4 nitrogen and oxygen atoms in total. The van der Waals surface area contributed by atoms with Crippen LogP contribution in [0.15, 0.2) is 0 Å². The minimum atomic E-state index is -0.285. The average molecular weight is 241 g/mol. The monoisotopic (exact) mass is 241 g/mol. The van der Waals surface area contributed by atoms with Crippen molar-refractivity contribution in [1.29, 1.82) is 0 Å². The molecule has 1 saturated heterocycles. The summed E-state index contributed by atoms with van der Waals surface area (Å²) in [5.41, 5.74) is 5.98. The summed E-state index contributed by atoms with van der Waals surface area (Å²) in [4.78, 5) is 4.92. The largest absolute Gasteiger partial charge is 0.394 e. The van der Waals surface area contributed by atoms with E-state index in [0.717, 1.165) is 19.4 Å². The van der Waals surface area contributed by atoms with Crippen LogP contribution in [0.5, 0.6) is 0 Å². The molecule has 0 aromatic rings. The van der Waals surface area contributed by atoms with Gasteiger partial charge in [0.05, 0.1) is 6.61 Å². The first-order valence-electron chi connectivity index (χ1n) is 6.95. The Hall–Kier alpha value is -0.160. The fourth-order valence-corrected chi connectivity index (χ4v) is 3.22. The number of hydrogen-bond acceptors (Lipinski definition) is 4. The van der Waals surface area contributed by atoms with Gasteiger partial charge in [-0.1, -0.05) is 6.42 Å². The number of aliphatic hydroxyl groups excluding tert-OH is 1. The van der Waals surface area contributed by atoms with Crippen molar-refractivity contribution in [2.24, 2.45) is 11.7 Å². The maximum absolute atomic E-state index is 9.42. The number of likely N-dealkylation sites (N-methyl/N-ethyl adjacent to an activating group) is 1. The Bertz CT molecular complexity index is 241. The first-order chi connectivity index (χ1) is 8.14. The molecule has 0 aromatic carbocycles. The van der Waals surface area contributed by atoms with Crippen LogP contribution in [-0.4, -0.2) is 66.8 Å². The highest BCUT2D eigenvalue weighted by atomic mass is 16.3. The summed E-state index contributed by atoms with van der Waals surface area (Å²) in [7, 11) is 2.19. The van der Waals surface area contributed by atoms with Crippen molar-refractivity contribution in [1.82, 2.24) is 9.80 Å². The molecule has 100 valence electrons. The number of hydrogen-bond donors (Lipinski definition) is 2. The number of nitrogens with zero attached hydrogens (tertiary/aromatic N) is 2. The first kappa shape index (κ1) is 13.3. The molecule has 2 atom stereocenters. The topological polar surface area (TPSA) is 52.7 Å². The van der Waals surface area contributed by atoms with Gasteiger partial charge in [0.1, 0.15) is 0 Å². The summed E-state index contributed by atoms with van der Waals surface area (Å²) in [6.45, 7) is 6.02. The maximum atomic E-state index is 9.42. The molecule has 0 bridgehead atoms. The number of piperazine rings is 1. The Morgan fingerprint density at radius 1 is 1.29 bits per heavy atom. The van der Waals surface area contributed by atoms with Crippen molar-refractivity contribution in [2.75, 3.05) is 46.4 Å². The van der Waals surface area contributed by atoms with E-state index in [1.807, 2.05) is 0 Å². The highest BCUT2D eigenvalue weighted by molar-refractivity contribution is 4.96. The molecule has 1 aliphatic carbocycles. The smallest absolute Gasteiger partial charge is 0.0613 e. The van der Waals surface area contributed by atoms with Crippen molar-refractivity contribution in [3.05, 3.63) is 0 Å². The van der Waals surface area contributed by atoms with Gasteiger partial charge in [0.15, 0.2) is 0 Å². The Morgan fingerprint density at radius 2 is 2.00 bits per heavy atom. The van der Waals surface area contributed by atoms with Gasteiger partial charge in [0.25, 0.3) is 0 Å². The second kappa shape index (κ2) is 5.65. The van der Waals surface area contributed by atoms with Crippen LogP contribution < -0.4 is 5.73 Å². The summed E-state index contributed by atoms with van der Waals surface area (Å²) in [6, 6.07) is 0. The van der Waals surface area contributed by atoms with Gasteiger partial charge in [0, 0.05) is 31.7 Å². The fraction of sp³-hybridized carbons (Fsp3) is 1.00. The zero-order valence-electron chi connectivity index (χ0n) is 11.1. The molecule has 17 heavy (non-hydrogen) atoms. The van der Waals surface area contributed by atoms with Crippen LogP contribution in [-0.2, 0) is 0 Å². The van der Waals surface area contributed by atoms with Crippen LogP contribution in [0, 0.1) is 5.92 Å². The SMILES string of the molecule is CN1CCN(CCC2CCCC2(N)CO)CC1. The quantitative estimate of drug-likeness (QED) is 0.734. The van der Waals surface area contributed by atoms with Crippen LogP contribution in [0.2, 0.25) is 0 Å². The van der Waals surface area contributed by atoms with Gasteiger partial charge >= 0.3 is 0 Å². The van der Waals surface area contributed by atoms with Gasteiger partial charge < -0.3 is 20.6 Å². The van der Waals surface area contributed by atoms with Crippen molar-refractivity contribution in [2.45, 2.75) is 31.2 Å². The number of aliphatic hydroxyl groups is 1. The summed E-state index contributed by atoms with van der Waals surface area (Å²) in [5.74, 6) is 0.521. The Kier molecular flexibility index (Phi) is 4.42. The van der Waals surface area contributed by atoms with E-state index >= 15 is 0 Å². The molecule has 2 aliphatic rings. The molecule has 4 heteroatoms. The van der Waals surface area contributed by atoms with Crippen LogP contribution in [0.3, 0.4) is 0 Å². The third kappa shape index (κ3) is 3.19. The molecular formula is C13H27N3O. The molecule has 1 saturated carbocycles. The maximum Gasteiger partial charge on any atom is 0.0613 e. The molecular weight excluding hydrogens is 214 g/mol. The lowest BCUT2D eigenvalue weighted by molar-refractivity contribution is 0.121. The highest BCUT2D eigenvalue weighted by Gasteiger charge is 2.38. The fourth-order valence-electron chi connectivity index (χ4n) is 3.22. The average Bonchev–Trinajstić information content (AvgIpc) is 2.71. The normalized spacial score (nSPS) is 36.5. The molecule has 2 unspecified atom stereocenters. The van der Waals surface area contributed by atoms with Crippen LogP contribution in [0.4, 0.5) is 0 Å². The predicted molar refractivity (Wildman–Crippen MR) is 69.9 cm³/mol. The molecule has 2 fully saturated rings.